The number of rotatable bonds is 2. The molecule has 0 aromatic carbocycles. The minimum absolute atomic E-state index is 0.0598. The molecule has 1 aromatic rings. The van der Waals surface area contributed by atoms with Crippen LogP contribution in [0.5, 0.6) is 5.75 Å². The molecular formula is C9H12N2O. The van der Waals surface area contributed by atoms with E-state index in [-0.39, 0.29) is 11.8 Å². The minimum atomic E-state index is 0.0598. The zero-order chi connectivity index (χ0) is 8.55. The number of hydrogen-bond acceptors (Lipinski definition) is 3. The third kappa shape index (κ3) is 1.41. The molecule has 0 spiro atoms. The zero-order valence-electron chi connectivity index (χ0n) is 6.77. The van der Waals surface area contributed by atoms with Gasteiger partial charge in [-0.3, -0.25) is 4.98 Å². The first-order valence-corrected chi connectivity index (χ1v) is 4.17. The zero-order valence-corrected chi connectivity index (χ0v) is 6.77. The molecule has 1 aliphatic rings. The number of aromatic hydroxyl groups is 1. The average Bonchev–Trinajstić information content (AvgIpc) is 2.85. The van der Waals surface area contributed by atoms with Crippen molar-refractivity contribution >= 4 is 0 Å². The smallest absolute Gasteiger partial charge is 0.134 e. The maximum atomic E-state index is 9.15. The van der Waals surface area contributed by atoms with E-state index in [2.05, 4.69) is 4.98 Å². The Morgan fingerprint density at radius 2 is 2.25 bits per heavy atom. The molecule has 1 fully saturated rings. The summed E-state index contributed by atoms with van der Waals surface area (Å²) in [5.41, 5.74) is 6.86. The van der Waals surface area contributed by atoms with Crippen LogP contribution in [0.2, 0.25) is 0 Å². The molecule has 3 nitrogen and oxygen atoms in total. The van der Waals surface area contributed by atoms with Gasteiger partial charge in [0.15, 0.2) is 0 Å². The largest absolute Gasteiger partial charge is 0.506 e. The second kappa shape index (κ2) is 2.75. The van der Waals surface area contributed by atoms with E-state index in [0.29, 0.717) is 5.92 Å². The lowest BCUT2D eigenvalue weighted by Crippen LogP contribution is -2.12. The molecule has 2 rings (SSSR count). The lowest BCUT2D eigenvalue weighted by molar-refractivity contribution is 0.470. The highest BCUT2D eigenvalue weighted by Gasteiger charge is 2.29. The quantitative estimate of drug-likeness (QED) is 0.690. The van der Waals surface area contributed by atoms with Crippen LogP contribution in [-0.4, -0.2) is 10.1 Å². The molecule has 64 valence electrons. The van der Waals surface area contributed by atoms with E-state index in [4.69, 9.17) is 10.8 Å². The van der Waals surface area contributed by atoms with Crippen molar-refractivity contribution in [1.82, 2.24) is 4.98 Å². The first-order valence-electron chi connectivity index (χ1n) is 4.17. The molecular weight excluding hydrogens is 152 g/mol. The maximum Gasteiger partial charge on any atom is 0.134 e. The average molecular weight is 164 g/mol. The predicted molar refractivity (Wildman–Crippen MR) is 45.6 cm³/mol. The Balaban J connectivity index is 2.20. The highest BCUT2D eigenvalue weighted by atomic mass is 16.3. The second-order valence-electron chi connectivity index (χ2n) is 3.34. The summed E-state index contributed by atoms with van der Waals surface area (Å²) in [7, 11) is 0. The molecule has 0 saturated heterocycles. The van der Waals surface area contributed by atoms with Gasteiger partial charge < -0.3 is 10.8 Å². The summed E-state index contributed by atoms with van der Waals surface area (Å²) in [5.74, 6) is 0.803. The van der Waals surface area contributed by atoms with E-state index in [1.807, 2.05) is 0 Å². The summed E-state index contributed by atoms with van der Waals surface area (Å²) < 4.78 is 0. The number of pyridine rings is 1. The first kappa shape index (κ1) is 7.55. The topological polar surface area (TPSA) is 59.1 Å². The fourth-order valence-electron chi connectivity index (χ4n) is 1.35. The summed E-state index contributed by atoms with van der Waals surface area (Å²) in [4.78, 5) is 3.89. The molecule has 0 aliphatic heterocycles. The van der Waals surface area contributed by atoms with Gasteiger partial charge in [-0.25, -0.2) is 0 Å². The number of aromatic nitrogens is 1. The Morgan fingerprint density at radius 3 is 2.83 bits per heavy atom. The fraction of sp³-hybridized carbons (Fsp3) is 0.444. The minimum Gasteiger partial charge on any atom is -0.506 e. The Bertz CT molecular complexity index is 284. The van der Waals surface area contributed by atoms with Crippen molar-refractivity contribution in [2.75, 3.05) is 0 Å². The van der Waals surface area contributed by atoms with Gasteiger partial charge in [-0.1, -0.05) is 0 Å². The van der Waals surface area contributed by atoms with Crippen molar-refractivity contribution in [2.24, 2.45) is 11.7 Å². The molecule has 3 N–H and O–H groups in total. The van der Waals surface area contributed by atoms with Gasteiger partial charge >= 0.3 is 0 Å². The van der Waals surface area contributed by atoms with Gasteiger partial charge in [-0.15, -0.1) is 0 Å². The number of hydrogen-bond donors (Lipinski definition) is 2. The van der Waals surface area contributed by atoms with Crippen LogP contribution in [0.1, 0.15) is 24.4 Å². The molecule has 12 heavy (non-hydrogen) atoms. The highest BCUT2D eigenvalue weighted by Crippen LogP contribution is 2.39. The van der Waals surface area contributed by atoms with Gasteiger partial charge in [0.2, 0.25) is 0 Å². The van der Waals surface area contributed by atoms with Crippen molar-refractivity contribution in [3.8, 4) is 5.75 Å². The molecule has 1 aromatic heterocycles. The van der Waals surface area contributed by atoms with Crippen molar-refractivity contribution in [3.63, 3.8) is 0 Å². The fourth-order valence-corrected chi connectivity index (χ4v) is 1.35. The van der Waals surface area contributed by atoms with Crippen molar-refractivity contribution < 1.29 is 5.11 Å². The molecule has 0 unspecified atom stereocenters. The van der Waals surface area contributed by atoms with Crippen molar-refractivity contribution in [1.29, 1.82) is 0 Å². The molecule has 1 heterocycles. The molecule has 0 bridgehead atoms. The van der Waals surface area contributed by atoms with E-state index < -0.39 is 0 Å². The van der Waals surface area contributed by atoms with Crippen LogP contribution in [0.15, 0.2) is 18.5 Å². The molecule has 0 radical (unpaired) electrons. The molecule has 0 amide bonds. The molecule has 1 aliphatic carbocycles. The summed E-state index contributed by atoms with van der Waals surface area (Å²) in [5, 5.41) is 9.15. The van der Waals surface area contributed by atoms with Gasteiger partial charge in [0.25, 0.3) is 0 Å². The molecule has 3 heteroatoms. The van der Waals surface area contributed by atoms with Crippen LogP contribution in [-0.2, 0) is 0 Å². The molecule has 1 atom stereocenters. The number of nitrogens with two attached hydrogens (primary N) is 1. The summed E-state index contributed by atoms with van der Waals surface area (Å²) in [6, 6.07) is 1.75. The van der Waals surface area contributed by atoms with E-state index in [1.165, 1.54) is 19.0 Å². The van der Waals surface area contributed by atoms with E-state index in [0.717, 1.165) is 5.56 Å². The Morgan fingerprint density at radius 1 is 1.50 bits per heavy atom. The predicted octanol–water partition coefficient (Wildman–Crippen LogP) is 1.20. The monoisotopic (exact) mass is 164 g/mol. The van der Waals surface area contributed by atoms with Crippen molar-refractivity contribution in [2.45, 2.75) is 18.9 Å². The van der Waals surface area contributed by atoms with E-state index >= 15 is 0 Å². The SMILES string of the molecule is N[C@@H](c1cncc(O)c1)C1CC1. The molecule has 1 saturated carbocycles. The van der Waals surface area contributed by atoms with Crippen LogP contribution in [0.4, 0.5) is 0 Å². The van der Waals surface area contributed by atoms with Gasteiger partial charge in [0, 0.05) is 12.2 Å². The van der Waals surface area contributed by atoms with Crippen LogP contribution in [0.3, 0.4) is 0 Å². The van der Waals surface area contributed by atoms with Gasteiger partial charge in [0.1, 0.15) is 5.75 Å². The maximum absolute atomic E-state index is 9.15. The van der Waals surface area contributed by atoms with Gasteiger partial charge in [-0.05, 0) is 30.4 Å². The lowest BCUT2D eigenvalue weighted by Gasteiger charge is -2.09. The van der Waals surface area contributed by atoms with Crippen LogP contribution in [0, 0.1) is 5.92 Å². The Labute approximate surface area is 71.2 Å². The lowest BCUT2D eigenvalue weighted by atomic mass is 10.1. The number of nitrogens with zero attached hydrogens (tertiary/aromatic N) is 1. The van der Waals surface area contributed by atoms with Gasteiger partial charge in [-0.2, -0.15) is 0 Å². The summed E-state index contributed by atoms with van der Waals surface area (Å²) >= 11 is 0. The Kier molecular flexibility index (Phi) is 1.73. The van der Waals surface area contributed by atoms with Crippen LogP contribution < -0.4 is 5.73 Å². The normalized spacial score (nSPS) is 19.1. The van der Waals surface area contributed by atoms with Gasteiger partial charge in [0.05, 0.1) is 6.20 Å². The van der Waals surface area contributed by atoms with Crippen molar-refractivity contribution in [3.05, 3.63) is 24.0 Å². The van der Waals surface area contributed by atoms with E-state index in [1.54, 1.807) is 12.3 Å². The third-order valence-electron chi connectivity index (χ3n) is 2.26. The standard InChI is InChI=1S/C9H12N2O/c10-9(6-1-2-6)7-3-8(12)5-11-4-7/h3-6,9,12H,1-2,10H2/t9-/m1/s1. The van der Waals surface area contributed by atoms with E-state index in [9.17, 15) is 0 Å². The van der Waals surface area contributed by atoms with Crippen LogP contribution >= 0.6 is 0 Å². The highest BCUT2D eigenvalue weighted by molar-refractivity contribution is 5.25. The Hall–Kier alpha value is -1.09. The third-order valence-corrected chi connectivity index (χ3v) is 2.26. The van der Waals surface area contributed by atoms with Crippen LogP contribution in [0.25, 0.3) is 0 Å². The summed E-state index contributed by atoms with van der Waals surface area (Å²) in [6.07, 6.45) is 5.56. The second-order valence-corrected chi connectivity index (χ2v) is 3.34. The summed E-state index contributed by atoms with van der Waals surface area (Å²) in [6.45, 7) is 0. The first-order chi connectivity index (χ1) is 5.77.